The molecule has 0 aromatic rings. The molecule has 5 amide bonds. The highest BCUT2D eigenvalue weighted by Gasteiger charge is 2.42. The van der Waals surface area contributed by atoms with Crippen LogP contribution in [0, 0.1) is 11.8 Å². The van der Waals surface area contributed by atoms with E-state index in [2.05, 4.69) is 10.6 Å². The van der Waals surface area contributed by atoms with Crippen LogP contribution >= 0.6 is 0 Å². The van der Waals surface area contributed by atoms with E-state index in [0.29, 0.717) is 25.8 Å². The van der Waals surface area contributed by atoms with Crippen LogP contribution in [0.1, 0.15) is 98.3 Å². The van der Waals surface area contributed by atoms with E-state index in [1.54, 1.807) is 9.80 Å². The van der Waals surface area contributed by atoms with Gasteiger partial charge in [0.15, 0.2) is 0 Å². The van der Waals surface area contributed by atoms with Crippen molar-refractivity contribution < 1.29 is 24.0 Å². The van der Waals surface area contributed by atoms with Crippen LogP contribution in [0.3, 0.4) is 0 Å². The zero-order valence-electron chi connectivity index (χ0n) is 23.5. The molecule has 3 rings (SSSR count). The van der Waals surface area contributed by atoms with E-state index in [9.17, 15) is 24.0 Å². The molecule has 1 saturated heterocycles. The third-order valence-electron chi connectivity index (χ3n) is 8.52. The van der Waals surface area contributed by atoms with Gasteiger partial charge in [-0.05, 0) is 71.6 Å². The monoisotopic (exact) mass is 533 g/mol. The van der Waals surface area contributed by atoms with Gasteiger partial charge in [-0.15, -0.1) is 0 Å². The maximum atomic E-state index is 14.0. The van der Waals surface area contributed by atoms with Gasteiger partial charge in [0.25, 0.3) is 5.91 Å². The maximum Gasteiger partial charge on any atom is 0.318 e. The number of carbonyl (C=O) groups is 5. The summed E-state index contributed by atoms with van der Waals surface area (Å²) in [5.41, 5.74) is 5.26. The van der Waals surface area contributed by atoms with Crippen LogP contribution in [0.5, 0.6) is 0 Å². The minimum Gasteiger partial charge on any atom is -0.363 e. The molecular formula is C28H47N5O5. The van der Waals surface area contributed by atoms with Gasteiger partial charge in [-0.1, -0.05) is 38.5 Å². The summed E-state index contributed by atoms with van der Waals surface area (Å²) in [5.74, 6) is -2.25. The maximum absolute atomic E-state index is 14.0. The van der Waals surface area contributed by atoms with Gasteiger partial charge >= 0.3 is 6.03 Å². The lowest BCUT2D eigenvalue weighted by molar-refractivity contribution is -0.143. The number of nitrogens with two attached hydrogens (primary N) is 1. The van der Waals surface area contributed by atoms with Crippen molar-refractivity contribution >= 4 is 29.5 Å². The summed E-state index contributed by atoms with van der Waals surface area (Å²) < 4.78 is 0. The second-order valence-electron chi connectivity index (χ2n) is 11.9. The van der Waals surface area contributed by atoms with Crippen LogP contribution in [0.25, 0.3) is 0 Å². The number of nitrogens with one attached hydrogen (secondary N) is 2. The Morgan fingerprint density at radius 1 is 0.842 bits per heavy atom. The van der Waals surface area contributed by atoms with Crippen LogP contribution < -0.4 is 16.4 Å². The minimum atomic E-state index is -1.06. The molecule has 2 aliphatic carbocycles. The number of likely N-dealkylation sites (tertiary alicyclic amines) is 1. The van der Waals surface area contributed by atoms with Crippen molar-refractivity contribution in [1.82, 2.24) is 20.4 Å². The third-order valence-corrected chi connectivity index (χ3v) is 8.52. The zero-order chi connectivity index (χ0) is 28.0. The quantitative estimate of drug-likeness (QED) is 0.350. The fourth-order valence-corrected chi connectivity index (χ4v) is 6.34. The van der Waals surface area contributed by atoms with E-state index in [1.807, 2.05) is 27.7 Å². The lowest BCUT2D eigenvalue weighted by Gasteiger charge is -2.38. The van der Waals surface area contributed by atoms with Gasteiger partial charge < -0.3 is 26.2 Å². The lowest BCUT2D eigenvalue weighted by Crippen LogP contribution is -2.60. The predicted octanol–water partition coefficient (Wildman–Crippen LogP) is 2.48. The minimum absolute atomic E-state index is 0.00786. The summed E-state index contributed by atoms with van der Waals surface area (Å²) in [5, 5.41) is 5.80. The first-order valence-corrected chi connectivity index (χ1v) is 14.5. The SMILES string of the molecule is CC(C)N(C(=O)N[C@H](C(=O)N1CCCC1C(=O)NC(CC1CCC1)C(=O)C(N)=O)C1CCCCC1)C(C)C. The number of rotatable bonds is 11. The average Bonchev–Trinajstić information content (AvgIpc) is 3.33. The molecule has 214 valence electrons. The van der Waals surface area contributed by atoms with Crippen LogP contribution in [0.4, 0.5) is 4.79 Å². The van der Waals surface area contributed by atoms with E-state index >= 15 is 0 Å². The third kappa shape index (κ3) is 7.26. The van der Waals surface area contributed by atoms with Gasteiger partial charge in [-0.2, -0.15) is 0 Å². The number of nitrogens with zero attached hydrogens (tertiary/aromatic N) is 2. The van der Waals surface area contributed by atoms with Crippen molar-refractivity contribution in [2.45, 2.75) is 129 Å². The fourth-order valence-electron chi connectivity index (χ4n) is 6.34. The average molecular weight is 534 g/mol. The van der Waals surface area contributed by atoms with Gasteiger partial charge in [0.1, 0.15) is 12.1 Å². The molecule has 0 aromatic heterocycles. The van der Waals surface area contributed by atoms with E-state index in [4.69, 9.17) is 5.73 Å². The number of primary amides is 1. The molecular weight excluding hydrogens is 486 g/mol. The van der Waals surface area contributed by atoms with E-state index in [0.717, 1.165) is 51.4 Å². The van der Waals surface area contributed by atoms with Crippen LogP contribution in [-0.2, 0) is 19.2 Å². The fraction of sp³-hybridized carbons (Fsp3) is 0.821. The summed E-state index contributed by atoms with van der Waals surface area (Å²) in [4.78, 5) is 68.1. The highest BCUT2D eigenvalue weighted by molar-refractivity contribution is 6.37. The Bertz CT molecular complexity index is 873. The summed E-state index contributed by atoms with van der Waals surface area (Å²) >= 11 is 0. The highest BCUT2D eigenvalue weighted by atomic mass is 16.2. The van der Waals surface area contributed by atoms with E-state index < -0.39 is 35.7 Å². The topological polar surface area (TPSA) is 142 Å². The summed E-state index contributed by atoms with van der Waals surface area (Å²) in [6, 6.07) is -2.76. The lowest BCUT2D eigenvalue weighted by atomic mass is 9.80. The summed E-state index contributed by atoms with van der Waals surface area (Å²) in [7, 11) is 0. The van der Waals surface area contributed by atoms with Crippen LogP contribution in [0.15, 0.2) is 0 Å². The molecule has 0 bridgehead atoms. The number of urea groups is 1. The van der Waals surface area contributed by atoms with Crippen LogP contribution in [0.2, 0.25) is 0 Å². The molecule has 1 heterocycles. The molecule has 10 nitrogen and oxygen atoms in total. The Labute approximate surface area is 226 Å². The molecule has 3 fully saturated rings. The number of hydrogen-bond acceptors (Lipinski definition) is 5. The molecule has 2 saturated carbocycles. The van der Waals surface area contributed by atoms with Gasteiger partial charge in [-0.3, -0.25) is 19.2 Å². The first-order chi connectivity index (χ1) is 18.0. The van der Waals surface area contributed by atoms with Crippen molar-refractivity contribution in [3.05, 3.63) is 0 Å². The molecule has 4 N–H and O–H groups in total. The van der Waals surface area contributed by atoms with Crippen molar-refractivity contribution in [3.63, 3.8) is 0 Å². The molecule has 0 spiro atoms. The Morgan fingerprint density at radius 3 is 2.00 bits per heavy atom. The second-order valence-corrected chi connectivity index (χ2v) is 11.9. The molecule has 38 heavy (non-hydrogen) atoms. The number of hydrogen-bond donors (Lipinski definition) is 3. The Balaban J connectivity index is 1.77. The first kappa shape index (κ1) is 29.9. The van der Waals surface area contributed by atoms with E-state index in [-0.39, 0.29) is 35.9 Å². The number of carbonyl (C=O) groups excluding carboxylic acids is 5. The summed E-state index contributed by atoms with van der Waals surface area (Å²) in [6.45, 7) is 8.21. The summed E-state index contributed by atoms with van der Waals surface area (Å²) in [6.07, 6.45) is 9.30. The molecule has 2 unspecified atom stereocenters. The Kier molecular flexibility index (Phi) is 10.6. The Morgan fingerprint density at radius 2 is 1.47 bits per heavy atom. The Hall–Kier alpha value is -2.65. The van der Waals surface area contributed by atoms with Crippen molar-refractivity contribution in [1.29, 1.82) is 0 Å². The number of amides is 5. The number of Topliss-reactive ketones (excluding diaryl/α,β-unsaturated/α-hetero) is 1. The van der Waals surface area contributed by atoms with Crippen LogP contribution in [-0.4, -0.2) is 76.1 Å². The largest absolute Gasteiger partial charge is 0.363 e. The molecule has 10 heteroatoms. The molecule has 0 radical (unpaired) electrons. The first-order valence-electron chi connectivity index (χ1n) is 14.5. The smallest absolute Gasteiger partial charge is 0.318 e. The number of ketones is 1. The van der Waals surface area contributed by atoms with E-state index in [1.165, 1.54) is 0 Å². The van der Waals surface area contributed by atoms with Gasteiger partial charge in [0, 0.05) is 18.6 Å². The standard InChI is InChI=1S/C28H47N5O5/c1-17(2)33(18(3)4)28(38)31-23(20-12-6-5-7-13-20)27(37)32-15-9-14-22(32)26(36)30-21(24(34)25(29)35)16-19-10-8-11-19/h17-23H,5-16H2,1-4H3,(H2,29,35)(H,30,36)(H,31,38)/t21?,22?,23-/m0/s1. The molecule has 3 aliphatic rings. The predicted molar refractivity (Wildman–Crippen MR) is 144 cm³/mol. The normalized spacial score (nSPS) is 22.1. The molecule has 3 atom stereocenters. The highest BCUT2D eigenvalue weighted by Crippen LogP contribution is 2.32. The zero-order valence-corrected chi connectivity index (χ0v) is 23.5. The van der Waals surface area contributed by atoms with Gasteiger partial charge in [0.05, 0.1) is 6.04 Å². The van der Waals surface area contributed by atoms with Crippen molar-refractivity contribution in [3.8, 4) is 0 Å². The van der Waals surface area contributed by atoms with Gasteiger partial charge in [-0.25, -0.2) is 4.79 Å². The van der Waals surface area contributed by atoms with Crippen molar-refractivity contribution in [2.24, 2.45) is 17.6 Å². The molecule has 0 aromatic carbocycles. The van der Waals surface area contributed by atoms with Crippen molar-refractivity contribution in [2.75, 3.05) is 6.54 Å². The van der Waals surface area contributed by atoms with Gasteiger partial charge in [0.2, 0.25) is 17.6 Å². The molecule has 1 aliphatic heterocycles. The second kappa shape index (κ2) is 13.4.